The Bertz CT molecular complexity index is 402. The van der Waals surface area contributed by atoms with Crippen molar-refractivity contribution < 1.29 is 14.2 Å². The normalized spacial score (nSPS) is 10.7. The molecule has 0 aliphatic carbocycles. The molecule has 0 heterocycles. The van der Waals surface area contributed by atoms with Crippen LogP contribution in [0.2, 0.25) is 0 Å². The quantitative estimate of drug-likeness (QED) is 0.550. The Hall–Kier alpha value is -1.71. The predicted molar refractivity (Wildman–Crippen MR) is 73.3 cm³/mol. The van der Waals surface area contributed by atoms with E-state index in [1.807, 2.05) is 39.8 Å². The minimum atomic E-state index is 0.595. The van der Waals surface area contributed by atoms with Gasteiger partial charge in [0.05, 0.1) is 25.5 Å². The van der Waals surface area contributed by atoms with Gasteiger partial charge >= 0.3 is 0 Å². The van der Waals surface area contributed by atoms with Crippen LogP contribution in [-0.4, -0.2) is 26.2 Å². The summed E-state index contributed by atoms with van der Waals surface area (Å²) in [4.78, 5) is 4.22. The zero-order chi connectivity index (χ0) is 13.4. The highest BCUT2D eigenvalue weighted by molar-refractivity contribution is 5.61. The highest BCUT2D eigenvalue weighted by Gasteiger charge is 2.10. The lowest BCUT2D eigenvalue weighted by Gasteiger charge is -2.14. The lowest BCUT2D eigenvalue weighted by Crippen LogP contribution is -2.00. The summed E-state index contributed by atoms with van der Waals surface area (Å²) in [5, 5.41) is 0. The van der Waals surface area contributed by atoms with E-state index in [9.17, 15) is 0 Å². The Kier molecular flexibility index (Phi) is 6.05. The topological polar surface area (TPSA) is 40.0 Å². The predicted octanol–water partition coefficient (Wildman–Crippen LogP) is 3.49. The number of hydrogen-bond donors (Lipinski definition) is 0. The fourth-order valence-corrected chi connectivity index (χ4v) is 1.56. The number of rotatable bonds is 7. The van der Waals surface area contributed by atoms with Crippen LogP contribution in [0.1, 0.15) is 26.3 Å². The second kappa shape index (κ2) is 7.58. The number of benzene rings is 1. The Morgan fingerprint density at radius 2 is 1.78 bits per heavy atom. The van der Waals surface area contributed by atoms with Gasteiger partial charge in [0.2, 0.25) is 0 Å². The highest BCUT2D eigenvalue weighted by atomic mass is 16.5. The Balaban J connectivity index is 3.02. The maximum Gasteiger partial charge on any atom is 0.174 e. The molecule has 0 spiro atoms. The molecular weight excluding hydrogens is 230 g/mol. The van der Waals surface area contributed by atoms with Crippen LogP contribution < -0.4 is 9.47 Å². The average Bonchev–Trinajstić information content (AvgIpc) is 2.34. The van der Waals surface area contributed by atoms with E-state index in [1.165, 1.54) is 6.40 Å². The molecule has 0 saturated carbocycles. The fourth-order valence-electron chi connectivity index (χ4n) is 1.56. The van der Waals surface area contributed by atoms with E-state index < -0.39 is 0 Å². The summed E-state index contributed by atoms with van der Waals surface area (Å²) in [6.45, 7) is 9.62. The van der Waals surface area contributed by atoms with Crippen molar-refractivity contribution in [3.05, 3.63) is 17.7 Å². The van der Waals surface area contributed by atoms with Gasteiger partial charge < -0.3 is 14.2 Å². The number of aliphatic imine (C=N–C) groups is 1. The Morgan fingerprint density at radius 3 is 2.39 bits per heavy atom. The van der Waals surface area contributed by atoms with E-state index >= 15 is 0 Å². The molecule has 4 nitrogen and oxygen atoms in total. The summed E-state index contributed by atoms with van der Waals surface area (Å²) in [6, 6.07) is 3.81. The molecule has 0 amide bonds. The van der Waals surface area contributed by atoms with Crippen molar-refractivity contribution in [2.24, 2.45) is 4.99 Å². The van der Waals surface area contributed by atoms with E-state index in [0.29, 0.717) is 19.8 Å². The molecular formula is C14H21NO3. The zero-order valence-electron chi connectivity index (χ0n) is 11.5. The second-order valence-electron chi connectivity index (χ2n) is 3.65. The molecule has 0 unspecified atom stereocenters. The minimum Gasteiger partial charge on any atom is -0.490 e. The average molecular weight is 251 g/mol. The third-order valence-corrected chi connectivity index (χ3v) is 2.26. The SMILES string of the molecule is CCOC=Nc1cc(C)c(OCC)c(OCC)c1. The highest BCUT2D eigenvalue weighted by Crippen LogP contribution is 2.35. The monoisotopic (exact) mass is 251 g/mol. The molecule has 0 aliphatic heterocycles. The van der Waals surface area contributed by atoms with Gasteiger partial charge in [-0.15, -0.1) is 0 Å². The molecule has 0 aliphatic rings. The van der Waals surface area contributed by atoms with Crippen LogP contribution in [0.25, 0.3) is 0 Å². The lowest BCUT2D eigenvalue weighted by atomic mass is 10.2. The maximum atomic E-state index is 5.59. The van der Waals surface area contributed by atoms with Crippen molar-refractivity contribution in [1.29, 1.82) is 0 Å². The third-order valence-electron chi connectivity index (χ3n) is 2.26. The first-order valence-corrected chi connectivity index (χ1v) is 6.27. The minimum absolute atomic E-state index is 0.595. The molecule has 0 saturated heterocycles. The lowest BCUT2D eigenvalue weighted by molar-refractivity contribution is 0.286. The summed E-state index contributed by atoms with van der Waals surface area (Å²) in [6.07, 6.45) is 1.45. The summed E-state index contributed by atoms with van der Waals surface area (Å²) in [5.41, 5.74) is 1.80. The van der Waals surface area contributed by atoms with Gasteiger partial charge in [-0.3, -0.25) is 0 Å². The standard InChI is InChI=1S/C14H21NO3/c1-5-16-10-15-12-8-11(4)14(18-7-3)13(9-12)17-6-2/h8-10H,5-7H2,1-4H3. The Labute approximate surface area is 109 Å². The van der Waals surface area contributed by atoms with E-state index in [-0.39, 0.29) is 0 Å². The van der Waals surface area contributed by atoms with Gasteiger partial charge in [0, 0.05) is 6.07 Å². The molecule has 18 heavy (non-hydrogen) atoms. The van der Waals surface area contributed by atoms with Gasteiger partial charge in [0.1, 0.15) is 0 Å². The van der Waals surface area contributed by atoms with Gasteiger partial charge in [-0.05, 0) is 39.3 Å². The summed E-state index contributed by atoms with van der Waals surface area (Å²) >= 11 is 0. The molecule has 1 aromatic rings. The smallest absolute Gasteiger partial charge is 0.174 e. The van der Waals surface area contributed by atoms with Crippen molar-refractivity contribution in [3.63, 3.8) is 0 Å². The molecule has 1 aromatic carbocycles. The van der Waals surface area contributed by atoms with E-state index in [0.717, 1.165) is 22.7 Å². The summed E-state index contributed by atoms with van der Waals surface area (Å²) in [7, 11) is 0. The van der Waals surface area contributed by atoms with Crippen molar-refractivity contribution in [2.45, 2.75) is 27.7 Å². The largest absolute Gasteiger partial charge is 0.490 e. The van der Waals surface area contributed by atoms with Crippen LogP contribution in [0, 0.1) is 6.92 Å². The molecule has 0 aromatic heterocycles. The summed E-state index contributed by atoms with van der Waals surface area (Å²) in [5.74, 6) is 1.51. The van der Waals surface area contributed by atoms with E-state index in [1.54, 1.807) is 0 Å². The van der Waals surface area contributed by atoms with Crippen LogP contribution in [0.4, 0.5) is 5.69 Å². The molecule has 4 heteroatoms. The van der Waals surface area contributed by atoms with E-state index in [4.69, 9.17) is 14.2 Å². The number of aryl methyl sites for hydroxylation is 1. The first-order valence-electron chi connectivity index (χ1n) is 6.27. The van der Waals surface area contributed by atoms with Crippen LogP contribution in [-0.2, 0) is 4.74 Å². The van der Waals surface area contributed by atoms with Crippen molar-refractivity contribution in [1.82, 2.24) is 0 Å². The number of ether oxygens (including phenoxy) is 3. The van der Waals surface area contributed by atoms with Crippen molar-refractivity contribution >= 4 is 12.1 Å². The van der Waals surface area contributed by atoms with Crippen molar-refractivity contribution in [2.75, 3.05) is 19.8 Å². The van der Waals surface area contributed by atoms with Gasteiger partial charge in [0.15, 0.2) is 17.9 Å². The summed E-state index contributed by atoms with van der Waals surface area (Å²) < 4.78 is 16.3. The zero-order valence-corrected chi connectivity index (χ0v) is 11.5. The first-order chi connectivity index (χ1) is 8.72. The van der Waals surface area contributed by atoms with Crippen molar-refractivity contribution in [3.8, 4) is 11.5 Å². The number of hydrogen-bond acceptors (Lipinski definition) is 4. The van der Waals surface area contributed by atoms with E-state index in [2.05, 4.69) is 4.99 Å². The van der Waals surface area contributed by atoms with Crippen LogP contribution in [0.5, 0.6) is 11.5 Å². The Morgan fingerprint density at radius 1 is 1.06 bits per heavy atom. The molecule has 0 bridgehead atoms. The molecule has 0 radical (unpaired) electrons. The maximum absolute atomic E-state index is 5.59. The third kappa shape index (κ3) is 3.95. The molecule has 0 fully saturated rings. The van der Waals surface area contributed by atoms with Gasteiger partial charge in [-0.1, -0.05) is 0 Å². The van der Waals surface area contributed by atoms with Gasteiger partial charge in [-0.25, -0.2) is 4.99 Å². The fraction of sp³-hybridized carbons (Fsp3) is 0.500. The van der Waals surface area contributed by atoms with Gasteiger partial charge in [-0.2, -0.15) is 0 Å². The second-order valence-corrected chi connectivity index (χ2v) is 3.65. The van der Waals surface area contributed by atoms with Gasteiger partial charge in [0.25, 0.3) is 0 Å². The molecule has 100 valence electrons. The van der Waals surface area contributed by atoms with Crippen LogP contribution in [0.15, 0.2) is 17.1 Å². The van der Waals surface area contributed by atoms with Crippen LogP contribution >= 0.6 is 0 Å². The number of nitrogens with zero attached hydrogens (tertiary/aromatic N) is 1. The van der Waals surface area contributed by atoms with Crippen LogP contribution in [0.3, 0.4) is 0 Å². The first kappa shape index (κ1) is 14.4. The molecule has 1 rings (SSSR count). The molecule has 0 atom stereocenters. The molecule has 0 N–H and O–H groups in total.